The Hall–Kier alpha value is -1.16. The fourth-order valence-electron chi connectivity index (χ4n) is 2.50. The van der Waals surface area contributed by atoms with Gasteiger partial charge in [-0.05, 0) is 25.0 Å². The molecule has 0 aliphatic heterocycles. The maximum atomic E-state index is 12.1. The van der Waals surface area contributed by atoms with Gasteiger partial charge in [0.05, 0.1) is 0 Å². The average Bonchev–Trinajstić information content (AvgIpc) is 2.39. The van der Waals surface area contributed by atoms with Gasteiger partial charge in [-0.1, -0.05) is 37.5 Å². The number of hydrogen-bond acceptors (Lipinski definition) is 2. The van der Waals surface area contributed by atoms with Gasteiger partial charge in [-0.15, -0.1) is 0 Å². The van der Waals surface area contributed by atoms with E-state index in [4.69, 9.17) is 0 Å². The van der Waals surface area contributed by atoms with Crippen molar-refractivity contribution in [3.63, 3.8) is 0 Å². The lowest BCUT2D eigenvalue weighted by Gasteiger charge is -2.38. The highest BCUT2D eigenvalue weighted by Crippen LogP contribution is 2.55. The molecule has 0 aromatic heterocycles. The fraction of sp³-hybridized carbons (Fsp3) is 0.462. The molecule has 1 aliphatic rings. The highest BCUT2D eigenvalue weighted by atomic mass is 31.2. The zero-order chi connectivity index (χ0) is 13.9. The topological polar surface area (TPSA) is 86.6 Å². The van der Waals surface area contributed by atoms with E-state index in [1.165, 1.54) is 0 Å². The molecule has 0 unspecified atom stereocenters. The second-order valence-electron chi connectivity index (χ2n) is 4.96. The summed E-state index contributed by atoms with van der Waals surface area (Å²) in [4.78, 5) is 31.3. The molecule has 1 aliphatic carbocycles. The lowest BCUT2D eigenvalue weighted by atomic mass is 9.94. The van der Waals surface area contributed by atoms with Gasteiger partial charge in [-0.25, -0.2) is 0 Å². The number of nitrogens with one attached hydrogen (secondary N) is 1. The summed E-state index contributed by atoms with van der Waals surface area (Å²) in [5, 5.41) is 1.20. The Bertz CT molecular complexity index is 491. The molecule has 19 heavy (non-hydrogen) atoms. The van der Waals surface area contributed by atoms with Crippen LogP contribution in [0.5, 0.6) is 0 Å². The van der Waals surface area contributed by atoms with Gasteiger partial charge in [0.15, 0.2) is 0 Å². The quantitative estimate of drug-likeness (QED) is 0.743. The van der Waals surface area contributed by atoms with Crippen molar-refractivity contribution in [1.29, 1.82) is 0 Å². The molecule has 6 heteroatoms. The summed E-state index contributed by atoms with van der Waals surface area (Å²) in [6.07, 6.45) is 3.05. The van der Waals surface area contributed by atoms with Crippen LogP contribution in [-0.2, 0) is 4.57 Å². The molecule has 0 bridgehead atoms. The molecule has 1 aromatic rings. The van der Waals surface area contributed by atoms with E-state index < -0.39 is 18.8 Å². The Kier molecular flexibility index (Phi) is 4.09. The third-order valence-electron chi connectivity index (χ3n) is 3.62. The molecule has 0 saturated heterocycles. The summed E-state index contributed by atoms with van der Waals surface area (Å²) >= 11 is 0. The SMILES string of the molecule is O=C(NC1(P(=O)(O)O)CCCCC1)c1ccccc1. The number of rotatable bonds is 3. The van der Waals surface area contributed by atoms with Crippen molar-refractivity contribution in [2.75, 3.05) is 0 Å². The summed E-state index contributed by atoms with van der Waals surface area (Å²) in [5.41, 5.74) is 0.417. The van der Waals surface area contributed by atoms with E-state index in [1.807, 2.05) is 0 Å². The standard InChI is InChI=1S/C13H18NO4P/c15-12(11-7-3-1-4-8-11)14-13(19(16,17)18)9-5-2-6-10-13/h1,3-4,7-8H,2,5-6,9-10H2,(H,14,15)(H2,16,17,18). The van der Waals surface area contributed by atoms with Crippen LogP contribution in [0.1, 0.15) is 42.5 Å². The van der Waals surface area contributed by atoms with Crippen LogP contribution in [0, 0.1) is 0 Å². The first-order valence-corrected chi connectivity index (χ1v) is 7.99. The van der Waals surface area contributed by atoms with Crippen LogP contribution in [0.4, 0.5) is 0 Å². The number of hydrogen-bond donors (Lipinski definition) is 3. The molecule has 0 atom stereocenters. The third kappa shape index (κ3) is 3.06. The van der Waals surface area contributed by atoms with Crippen molar-refractivity contribution < 1.29 is 19.1 Å². The van der Waals surface area contributed by atoms with Crippen molar-refractivity contribution in [2.45, 2.75) is 37.4 Å². The number of carbonyl (C=O) groups excluding carboxylic acids is 1. The zero-order valence-corrected chi connectivity index (χ0v) is 11.5. The number of amides is 1. The van der Waals surface area contributed by atoms with E-state index in [9.17, 15) is 19.1 Å². The average molecular weight is 283 g/mol. The molecule has 1 fully saturated rings. The van der Waals surface area contributed by atoms with Crippen molar-refractivity contribution in [3.05, 3.63) is 35.9 Å². The number of benzene rings is 1. The first-order chi connectivity index (χ1) is 8.95. The summed E-state index contributed by atoms with van der Waals surface area (Å²) in [6, 6.07) is 8.49. The summed E-state index contributed by atoms with van der Waals surface area (Å²) in [5.74, 6) is -0.425. The predicted octanol–water partition coefficient (Wildman–Crippen LogP) is 2.25. The minimum atomic E-state index is -4.38. The maximum Gasteiger partial charge on any atom is 0.350 e. The van der Waals surface area contributed by atoms with Gasteiger partial charge < -0.3 is 15.1 Å². The minimum Gasteiger partial charge on any atom is -0.335 e. The highest BCUT2D eigenvalue weighted by molar-refractivity contribution is 7.53. The highest BCUT2D eigenvalue weighted by Gasteiger charge is 2.48. The zero-order valence-electron chi connectivity index (χ0n) is 10.6. The van der Waals surface area contributed by atoms with E-state index in [0.29, 0.717) is 18.4 Å². The molecule has 3 N–H and O–H groups in total. The van der Waals surface area contributed by atoms with Gasteiger partial charge >= 0.3 is 7.60 Å². The van der Waals surface area contributed by atoms with Crippen LogP contribution >= 0.6 is 7.60 Å². The van der Waals surface area contributed by atoms with Crippen LogP contribution < -0.4 is 5.32 Å². The Morgan fingerprint density at radius 2 is 1.68 bits per heavy atom. The van der Waals surface area contributed by atoms with Gasteiger partial charge in [0.2, 0.25) is 0 Å². The normalized spacial score (nSPS) is 18.8. The van der Waals surface area contributed by atoms with E-state index in [2.05, 4.69) is 5.32 Å². The Labute approximate surface area is 112 Å². The Balaban J connectivity index is 2.22. The summed E-state index contributed by atoms with van der Waals surface area (Å²) < 4.78 is 11.8. The second-order valence-corrected chi connectivity index (χ2v) is 6.90. The maximum absolute atomic E-state index is 12.1. The molecule has 5 nitrogen and oxygen atoms in total. The molecule has 2 rings (SSSR count). The van der Waals surface area contributed by atoms with Crippen molar-refractivity contribution in [2.24, 2.45) is 0 Å². The summed E-state index contributed by atoms with van der Waals surface area (Å²) in [7, 11) is -4.38. The van der Waals surface area contributed by atoms with Crippen molar-refractivity contribution >= 4 is 13.5 Å². The summed E-state index contributed by atoms with van der Waals surface area (Å²) in [6.45, 7) is 0. The molecule has 104 valence electrons. The van der Waals surface area contributed by atoms with Gasteiger partial charge in [0, 0.05) is 5.56 Å². The molecule has 0 spiro atoms. The Morgan fingerprint density at radius 3 is 2.21 bits per heavy atom. The van der Waals surface area contributed by atoms with Gasteiger partial charge in [0.1, 0.15) is 5.28 Å². The Morgan fingerprint density at radius 1 is 1.11 bits per heavy atom. The monoisotopic (exact) mass is 283 g/mol. The molecule has 1 amide bonds. The molecule has 1 aromatic carbocycles. The van der Waals surface area contributed by atoms with Crippen molar-refractivity contribution in [3.8, 4) is 0 Å². The van der Waals surface area contributed by atoms with Crippen LogP contribution in [0.3, 0.4) is 0 Å². The minimum absolute atomic E-state index is 0.329. The van der Waals surface area contributed by atoms with Crippen LogP contribution in [0.25, 0.3) is 0 Å². The molecule has 0 radical (unpaired) electrons. The molecule has 1 saturated carbocycles. The first-order valence-electron chi connectivity index (χ1n) is 6.38. The first kappa shape index (κ1) is 14.3. The van der Waals surface area contributed by atoms with E-state index in [0.717, 1.165) is 19.3 Å². The van der Waals surface area contributed by atoms with E-state index >= 15 is 0 Å². The smallest absolute Gasteiger partial charge is 0.335 e. The molecular formula is C13H18NO4P. The lowest BCUT2D eigenvalue weighted by Crippen LogP contribution is -2.49. The number of carbonyl (C=O) groups is 1. The van der Waals surface area contributed by atoms with Crippen molar-refractivity contribution in [1.82, 2.24) is 5.32 Å². The van der Waals surface area contributed by atoms with Gasteiger partial charge in [-0.2, -0.15) is 0 Å². The fourth-order valence-corrected chi connectivity index (χ4v) is 3.64. The largest absolute Gasteiger partial charge is 0.350 e. The molecular weight excluding hydrogens is 265 g/mol. The van der Waals surface area contributed by atoms with Gasteiger partial charge in [0.25, 0.3) is 5.91 Å². The predicted molar refractivity (Wildman–Crippen MR) is 71.8 cm³/mol. The van der Waals surface area contributed by atoms with Crippen LogP contribution in [0.2, 0.25) is 0 Å². The third-order valence-corrected chi connectivity index (χ3v) is 5.29. The molecule has 0 heterocycles. The van der Waals surface area contributed by atoms with Crippen LogP contribution in [0.15, 0.2) is 30.3 Å². The second kappa shape index (κ2) is 5.45. The van der Waals surface area contributed by atoms with E-state index in [1.54, 1.807) is 30.3 Å². The lowest BCUT2D eigenvalue weighted by molar-refractivity contribution is 0.0897. The van der Waals surface area contributed by atoms with Gasteiger partial charge in [-0.3, -0.25) is 9.36 Å². The van der Waals surface area contributed by atoms with Crippen LogP contribution in [-0.4, -0.2) is 21.0 Å². The van der Waals surface area contributed by atoms with E-state index in [-0.39, 0.29) is 0 Å².